The van der Waals surface area contributed by atoms with Gasteiger partial charge in [-0.05, 0) is 19.4 Å². The van der Waals surface area contributed by atoms with Gasteiger partial charge in [-0.2, -0.15) is 0 Å². The molecule has 3 amide bonds. The van der Waals surface area contributed by atoms with Crippen molar-refractivity contribution >= 4 is 35.0 Å². The van der Waals surface area contributed by atoms with Crippen molar-refractivity contribution in [2.75, 3.05) is 11.9 Å². The smallest absolute Gasteiger partial charge is 0.312 e. The number of benzene rings is 1. The summed E-state index contributed by atoms with van der Waals surface area (Å²) in [6, 6.07) is 1.05. The molecule has 34 heavy (non-hydrogen) atoms. The highest BCUT2D eigenvalue weighted by molar-refractivity contribution is 6.35. The Balaban J connectivity index is 1.67. The number of rotatable bonds is 5. The number of halogens is 5. The molecule has 186 valence electrons. The number of likely N-dealkylation sites (tertiary alicyclic amines) is 1. The van der Waals surface area contributed by atoms with Gasteiger partial charge in [-0.25, -0.2) is 17.6 Å². The SMILES string of the molecule is CC1C(C(=O)Nc2cc(F)c(F)c(Cl)c2)CCN1C(=O)C(=O)NC1(/C(N)=C/NN)CC(F)(F)C1. The van der Waals surface area contributed by atoms with Crippen LogP contribution in [0.4, 0.5) is 23.2 Å². The molecule has 1 heterocycles. The molecule has 0 aromatic heterocycles. The van der Waals surface area contributed by atoms with Crippen LogP contribution in [0.2, 0.25) is 5.02 Å². The first-order valence-corrected chi connectivity index (χ1v) is 10.6. The molecule has 2 aliphatic rings. The molecule has 3 rings (SSSR count). The highest BCUT2D eigenvalue weighted by Crippen LogP contribution is 2.48. The number of alkyl halides is 2. The molecule has 1 saturated heterocycles. The number of nitrogens with zero attached hydrogens (tertiary/aromatic N) is 1. The van der Waals surface area contributed by atoms with E-state index in [4.69, 9.17) is 23.2 Å². The zero-order valence-electron chi connectivity index (χ0n) is 17.9. The van der Waals surface area contributed by atoms with E-state index < -0.39 is 70.6 Å². The molecule has 9 nitrogen and oxygen atoms in total. The Morgan fingerprint density at radius 2 is 1.88 bits per heavy atom. The van der Waals surface area contributed by atoms with Crippen LogP contribution in [0.25, 0.3) is 0 Å². The summed E-state index contributed by atoms with van der Waals surface area (Å²) in [6.45, 7) is 1.56. The van der Waals surface area contributed by atoms with Crippen LogP contribution < -0.4 is 27.6 Å². The van der Waals surface area contributed by atoms with Crippen molar-refractivity contribution in [1.29, 1.82) is 0 Å². The fourth-order valence-corrected chi connectivity index (χ4v) is 4.47. The minimum absolute atomic E-state index is 0.0306. The lowest BCUT2D eigenvalue weighted by Crippen LogP contribution is -2.66. The fraction of sp³-hybridized carbons (Fsp3) is 0.450. The van der Waals surface area contributed by atoms with Crippen molar-refractivity contribution in [2.24, 2.45) is 17.5 Å². The van der Waals surface area contributed by atoms with Crippen molar-refractivity contribution in [3.63, 3.8) is 0 Å². The second kappa shape index (κ2) is 9.29. The van der Waals surface area contributed by atoms with E-state index in [1.54, 1.807) is 0 Å². The molecule has 1 aromatic rings. The van der Waals surface area contributed by atoms with E-state index >= 15 is 0 Å². The number of carbonyl (C=O) groups excluding carboxylic acids is 3. The van der Waals surface area contributed by atoms with E-state index in [0.717, 1.165) is 23.2 Å². The normalized spacial score (nSPS) is 23.1. The summed E-state index contributed by atoms with van der Waals surface area (Å²) in [7, 11) is 0. The Hall–Kier alpha value is -3.06. The summed E-state index contributed by atoms with van der Waals surface area (Å²) in [5.41, 5.74) is 5.99. The van der Waals surface area contributed by atoms with Crippen LogP contribution in [0.3, 0.4) is 0 Å². The maximum atomic E-state index is 13.6. The van der Waals surface area contributed by atoms with Gasteiger partial charge in [0.2, 0.25) is 5.91 Å². The van der Waals surface area contributed by atoms with Gasteiger partial charge >= 0.3 is 11.8 Å². The van der Waals surface area contributed by atoms with Crippen LogP contribution in [0.1, 0.15) is 26.2 Å². The highest BCUT2D eigenvalue weighted by Gasteiger charge is 2.59. The zero-order valence-corrected chi connectivity index (χ0v) is 18.7. The number of anilines is 1. The molecule has 1 aliphatic heterocycles. The van der Waals surface area contributed by atoms with Gasteiger partial charge in [-0.1, -0.05) is 11.6 Å². The van der Waals surface area contributed by atoms with E-state index in [1.807, 2.05) is 0 Å². The van der Waals surface area contributed by atoms with Crippen LogP contribution in [-0.2, 0) is 14.4 Å². The molecule has 7 N–H and O–H groups in total. The van der Waals surface area contributed by atoms with E-state index in [1.165, 1.54) is 6.92 Å². The van der Waals surface area contributed by atoms with Gasteiger partial charge < -0.3 is 26.7 Å². The number of carbonyl (C=O) groups is 3. The fourth-order valence-electron chi connectivity index (χ4n) is 4.26. The lowest BCUT2D eigenvalue weighted by Gasteiger charge is -2.47. The summed E-state index contributed by atoms with van der Waals surface area (Å²) < 4.78 is 54.0. The van der Waals surface area contributed by atoms with E-state index in [9.17, 15) is 31.9 Å². The topological polar surface area (TPSA) is 143 Å². The van der Waals surface area contributed by atoms with Gasteiger partial charge in [0.15, 0.2) is 11.6 Å². The van der Waals surface area contributed by atoms with Crippen LogP contribution in [0, 0.1) is 17.6 Å². The molecular formula is C20H23ClF4N6O3. The second-order valence-corrected chi connectivity index (χ2v) is 8.80. The first kappa shape index (κ1) is 25.6. The molecule has 1 aliphatic carbocycles. The molecule has 0 spiro atoms. The lowest BCUT2D eigenvalue weighted by atomic mass is 9.71. The van der Waals surface area contributed by atoms with Gasteiger partial charge in [0.1, 0.15) is 0 Å². The van der Waals surface area contributed by atoms with Crippen LogP contribution in [0.5, 0.6) is 0 Å². The lowest BCUT2D eigenvalue weighted by molar-refractivity contribution is -0.154. The minimum atomic E-state index is -3.07. The van der Waals surface area contributed by atoms with Crippen molar-refractivity contribution in [3.8, 4) is 0 Å². The highest BCUT2D eigenvalue weighted by atomic mass is 35.5. The molecule has 1 saturated carbocycles. The second-order valence-electron chi connectivity index (χ2n) is 8.39. The zero-order chi connectivity index (χ0) is 25.4. The third-order valence-corrected chi connectivity index (χ3v) is 6.34. The molecule has 1 aromatic carbocycles. The maximum absolute atomic E-state index is 13.6. The van der Waals surface area contributed by atoms with Gasteiger partial charge in [-0.3, -0.25) is 20.2 Å². The van der Waals surface area contributed by atoms with Gasteiger partial charge in [-0.15, -0.1) is 0 Å². The van der Waals surface area contributed by atoms with Gasteiger partial charge in [0.25, 0.3) is 5.92 Å². The number of hydrogen-bond acceptors (Lipinski definition) is 6. The van der Waals surface area contributed by atoms with Crippen molar-refractivity contribution in [2.45, 2.75) is 43.7 Å². The third kappa shape index (κ3) is 4.89. The number of nitrogens with one attached hydrogen (secondary N) is 3. The quantitative estimate of drug-likeness (QED) is 0.134. The first-order chi connectivity index (χ1) is 15.8. The van der Waals surface area contributed by atoms with E-state index in [-0.39, 0.29) is 24.4 Å². The Morgan fingerprint density at radius 1 is 1.24 bits per heavy atom. The Kier molecular flexibility index (Phi) is 6.99. The predicted molar refractivity (Wildman–Crippen MR) is 114 cm³/mol. The van der Waals surface area contributed by atoms with E-state index in [0.29, 0.717) is 0 Å². The van der Waals surface area contributed by atoms with Crippen molar-refractivity contribution in [1.82, 2.24) is 15.6 Å². The van der Waals surface area contributed by atoms with Gasteiger partial charge in [0.05, 0.1) is 22.2 Å². The summed E-state index contributed by atoms with van der Waals surface area (Å²) in [6.07, 6.45) is -0.393. The molecule has 14 heteroatoms. The van der Waals surface area contributed by atoms with Crippen LogP contribution in [0.15, 0.2) is 24.0 Å². The van der Waals surface area contributed by atoms with Crippen molar-refractivity contribution < 1.29 is 31.9 Å². The average Bonchev–Trinajstić information content (AvgIpc) is 3.11. The number of hydrogen-bond donors (Lipinski definition) is 5. The summed E-state index contributed by atoms with van der Waals surface area (Å²) in [5, 5.41) is 4.17. The van der Waals surface area contributed by atoms with Gasteiger partial charge in [0, 0.05) is 43.4 Å². The predicted octanol–water partition coefficient (Wildman–Crippen LogP) is 1.34. The molecule has 2 unspecified atom stereocenters. The summed E-state index contributed by atoms with van der Waals surface area (Å²) in [5.74, 6) is -4.00. The Bertz CT molecular complexity index is 1020. The molecular weight excluding hydrogens is 484 g/mol. The summed E-state index contributed by atoms with van der Waals surface area (Å²) >= 11 is 5.59. The van der Waals surface area contributed by atoms with Crippen molar-refractivity contribution in [3.05, 3.63) is 40.7 Å². The third-order valence-electron chi connectivity index (χ3n) is 6.06. The summed E-state index contributed by atoms with van der Waals surface area (Å²) in [4.78, 5) is 39.1. The Labute approximate surface area is 196 Å². The van der Waals surface area contributed by atoms with Crippen LogP contribution in [-0.4, -0.2) is 46.7 Å². The standard InChI is InChI=1S/C20H23ClF4N6O3/c1-9-11(16(32)29-10-4-12(21)15(23)13(22)5-10)2-3-31(9)18(34)17(33)30-19(14(26)6-28-27)7-20(24,25)8-19/h4-6,9,11,28H,2-3,7-8,26-27H2,1H3,(H,29,32)(H,30,33)/b14-6-. The minimum Gasteiger partial charge on any atom is -0.399 e. The average molecular weight is 507 g/mol. The molecule has 2 atom stereocenters. The molecule has 0 radical (unpaired) electrons. The largest absolute Gasteiger partial charge is 0.399 e. The monoisotopic (exact) mass is 506 g/mol. The molecule has 2 fully saturated rings. The Morgan fingerprint density at radius 3 is 2.44 bits per heavy atom. The first-order valence-electron chi connectivity index (χ1n) is 10.2. The number of hydrazine groups is 1. The number of amides is 3. The van der Waals surface area contributed by atoms with E-state index in [2.05, 4.69) is 16.1 Å². The maximum Gasteiger partial charge on any atom is 0.312 e. The number of nitrogens with two attached hydrogens (primary N) is 2. The van der Waals surface area contributed by atoms with Crippen LogP contribution >= 0.6 is 11.6 Å². The molecule has 0 bridgehead atoms.